The highest BCUT2D eigenvalue weighted by Gasteiger charge is 2.10. The van der Waals surface area contributed by atoms with Crippen LogP contribution in [0.1, 0.15) is 10.4 Å². The lowest BCUT2D eigenvalue weighted by molar-refractivity contribution is 0.478. The summed E-state index contributed by atoms with van der Waals surface area (Å²) in [6.07, 6.45) is 0. The van der Waals surface area contributed by atoms with E-state index >= 15 is 0 Å². The molecule has 13 heavy (non-hydrogen) atoms. The van der Waals surface area contributed by atoms with Gasteiger partial charge in [0.15, 0.2) is 0 Å². The van der Waals surface area contributed by atoms with Gasteiger partial charge in [-0.2, -0.15) is 0 Å². The predicted octanol–water partition coefficient (Wildman–Crippen LogP) is 2.37. The van der Waals surface area contributed by atoms with Gasteiger partial charge in [-0.15, -0.1) is 11.3 Å². The maximum Gasteiger partial charge on any atom is 0.138 e. The monoisotopic (exact) mass is 193 g/mol. The molecule has 1 heterocycles. The normalized spacial score (nSPS) is 10.9. The molecule has 0 amide bonds. The van der Waals surface area contributed by atoms with E-state index in [1.54, 1.807) is 11.3 Å². The first-order chi connectivity index (χ1) is 6.24. The fraction of sp³-hybridized carbons (Fsp3) is 0.200. The summed E-state index contributed by atoms with van der Waals surface area (Å²) in [5.41, 5.74) is 6.71. The second-order valence-electron chi connectivity index (χ2n) is 3.03. The largest absolute Gasteiger partial charge is 0.506 e. The van der Waals surface area contributed by atoms with Crippen LogP contribution in [0, 0.1) is 6.92 Å². The van der Waals surface area contributed by atoms with E-state index in [0.29, 0.717) is 12.3 Å². The minimum Gasteiger partial charge on any atom is -0.506 e. The van der Waals surface area contributed by atoms with Gasteiger partial charge in [0.25, 0.3) is 0 Å². The highest BCUT2D eigenvalue weighted by molar-refractivity contribution is 7.19. The van der Waals surface area contributed by atoms with Gasteiger partial charge in [0.2, 0.25) is 0 Å². The van der Waals surface area contributed by atoms with Gasteiger partial charge in [-0.1, -0.05) is 12.1 Å². The van der Waals surface area contributed by atoms with Crippen molar-refractivity contribution in [1.29, 1.82) is 0 Å². The van der Waals surface area contributed by atoms with E-state index in [9.17, 15) is 5.11 Å². The third-order valence-electron chi connectivity index (χ3n) is 2.14. The molecular formula is C10H11NOS. The molecule has 0 saturated heterocycles. The van der Waals surface area contributed by atoms with Gasteiger partial charge in [0.05, 0.1) is 4.88 Å². The zero-order chi connectivity index (χ0) is 9.42. The minimum atomic E-state index is 0.353. The number of nitrogens with two attached hydrogens (primary N) is 1. The summed E-state index contributed by atoms with van der Waals surface area (Å²) in [5.74, 6) is 0.353. The molecule has 1 aromatic carbocycles. The number of fused-ring (bicyclic) bond motifs is 1. The quantitative estimate of drug-likeness (QED) is 0.730. The second-order valence-corrected chi connectivity index (χ2v) is 4.13. The third-order valence-corrected chi connectivity index (χ3v) is 3.49. The zero-order valence-corrected chi connectivity index (χ0v) is 8.19. The molecular weight excluding hydrogens is 182 g/mol. The van der Waals surface area contributed by atoms with Gasteiger partial charge in [0.1, 0.15) is 5.75 Å². The van der Waals surface area contributed by atoms with Crippen molar-refractivity contribution >= 4 is 21.4 Å². The van der Waals surface area contributed by atoms with Crippen LogP contribution in [0.4, 0.5) is 0 Å². The Hall–Kier alpha value is -1.06. The lowest BCUT2D eigenvalue weighted by Gasteiger charge is -1.93. The van der Waals surface area contributed by atoms with Crippen molar-refractivity contribution in [2.24, 2.45) is 5.73 Å². The van der Waals surface area contributed by atoms with E-state index in [1.165, 1.54) is 5.56 Å². The maximum absolute atomic E-state index is 9.74. The second kappa shape index (κ2) is 3.01. The Kier molecular flexibility index (Phi) is 1.98. The molecule has 0 radical (unpaired) electrons. The molecule has 0 atom stereocenters. The summed E-state index contributed by atoms with van der Waals surface area (Å²) < 4.78 is 1.14. The van der Waals surface area contributed by atoms with E-state index in [0.717, 1.165) is 15.0 Å². The average Bonchev–Trinajstić information content (AvgIpc) is 2.45. The molecule has 0 aliphatic rings. The van der Waals surface area contributed by atoms with Crippen molar-refractivity contribution in [1.82, 2.24) is 0 Å². The Labute approximate surface area is 80.6 Å². The van der Waals surface area contributed by atoms with Crippen molar-refractivity contribution in [3.05, 3.63) is 28.6 Å². The standard InChI is InChI=1S/C10H11NOS/c1-6-3-2-4-7-9(12)8(5-11)13-10(6)7/h2-4,12H,5,11H2,1H3. The third kappa shape index (κ3) is 1.20. The van der Waals surface area contributed by atoms with E-state index < -0.39 is 0 Å². The highest BCUT2D eigenvalue weighted by Crippen LogP contribution is 2.37. The van der Waals surface area contributed by atoms with E-state index in [2.05, 4.69) is 0 Å². The molecule has 0 spiro atoms. The molecule has 0 unspecified atom stereocenters. The lowest BCUT2D eigenvalue weighted by Crippen LogP contribution is -1.91. The number of benzene rings is 1. The zero-order valence-electron chi connectivity index (χ0n) is 7.37. The van der Waals surface area contributed by atoms with E-state index in [4.69, 9.17) is 5.73 Å². The first kappa shape index (κ1) is 8.53. The van der Waals surface area contributed by atoms with Crippen LogP contribution in [0.3, 0.4) is 0 Å². The van der Waals surface area contributed by atoms with Crippen LogP contribution >= 0.6 is 11.3 Å². The Morgan fingerprint density at radius 1 is 1.46 bits per heavy atom. The average molecular weight is 193 g/mol. The van der Waals surface area contributed by atoms with Crippen LogP contribution in [0.5, 0.6) is 5.75 Å². The molecule has 2 rings (SSSR count). The molecule has 2 aromatic rings. The van der Waals surface area contributed by atoms with Gasteiger partial charge >= 0.3 is 0 Å². The first-order valence-corrected chi connectivity index (χ1v) is 4.95. The van der Waals surface area contributed by atoms with Gasteiger partial charge in [-0.25, -0.2) is 0 Å². The molecule has 0 bridgehead atoms. The summed E-state index contributed by atoms with van der Waals surface area (Å²) in [4.78, 5) is 0.865. The van der Waals surface area contributed by atoms with Crippen LogP contribution in [-0.4, -0.2) is 5.11 Å². The Balaban J connectivity index is 2.83. The molecule has 1 aromatic heterocycles. The number of rotatable bonds is 1. The SMILES string of the molecule is Cc1cccc2c(O)c(CN)sc12. The molecule has 0 fully saturated rings. The highest BCUT2D eigenvalue weighted by atomic mass is 32.1. The topological polar surface area (TPSA) is 46.2 Å². The van der Waals surface area contributed by atoms with Gasteiger partial charge < -0.3 is 10.8 Å². The van der Waals surface area contributed by atoms with Gasteiger partial charge in [-0.05, 0) is 18.6 Å². The molecule has 2 nitrogen and oxygen atoms in total. The van der Waals surface area contributed by atoms with Crippen molar-refractivity contribution in [3.8, 4) is 5.75 Å². The molecule has 3 heteroatoms. The van der Waals surface area contributed by atoms with Crippen molar-refractivity contribution < 1.29 is 5.11 Å². The smallest absolute Gasteiger partial charge is 0.138 e. The number of thiophene rings is 1. The number of aryl methyl sites for hydroxylation is 1. The van der Waals surface area contributed by atoms with Crippen molar-refractivity contribution in [2.75, 3.05) is 0 Å². The van der Waals surface area contributed by atoms with Gasteiger partial charge in [-0.3, -0.25) is 0 Å². The Morgan fingerprint density at radius 2 is 2.23 bits per heavy atom. The van der Waals surface area contributed by atoms with Crippen LogP contribution < -0.4 is 5.73 Å². The predicted molar refractivity (Wildman–Crippen MR) is 56.1 cm³/mol. The summed E-state index contributed by atoms with van der Waals surface area (Å²) in [6, 6.07) is 5.91. The van der Waals surface area contributed by atoms with Crippen molar-refractivity contribution in [3.63, 3.8) is 0 Å². The van der Waals surface area contributed by atoms with Crippen LogP contribution in [0.25, 0.3) is 10.1 Å². The summed E-state index contributed by atoms with van der Waals surface area (Å²) >= 11 is 1.58. The summed E-state index contributed by atoms with van der Waals surface area (Å²) in [5, 5.41) is 10.7. The molecule has 0 saturated carbocycles. The molecule has 3 N–H and O–H groups in total. The first-order valence-electron chi connectivity index (χ1n) is 4.14. The van der Waals surface area contributed by atoms with E-state index in [1.807, 2.05) is 25.1 Å². The lowest BCUT2D eigenvalue weighted by atomic mass is 10.2. The van der Waals surface area contributed by atoms with Crippen LogP contribution in [-0.2, 0) is 6.54 Å². The van der Waals surface area contributed by atoms with Gasteiger partial charge in [0, 0.05) is 16.6 Å². The Bertz CT molecular complexity index is 447. The molecule has 68 valence electrons. The van der Waals surface area contributed by atoms with Crippen LogP contribution in [0.2, 0.25) is 0 Å². The van der Waals surface area contributed by atoms with Crippen molar-refractivity contribution in [2.45, 2.75) is 13.5 Å². The number of hydrogen-bond donors (Lipinski definition) is 2. The number of hydrogen-bond acceptors (Lipinski definition) is 3. The van der Waals surface area contributed by atoms with E-state index in [-0.39, 0.29) is 0 Å². The Morgan fingerprint density at radius 3 is 2.85 bits per heavy atom. The fourth-order valence-corrected chi connectivity index (χ4v) is 2.47. The maximum atomic E-state index is 9.74. The molecule has 0 aliphatic heterocycles. The summed E-state index contributed by atoms with van der Waals surface area (Å²) in [6.45, 7) is 2.45. The number of aromatic hydroxyl groups is 1. The van der Waals surface area contributed by atoms with Crippen LogP contribution in [0.15, 0.2) is 18.2 Å². The molecule has 0 aliphatic carbocycles. The minimum absolute atomic E-state index is 0.353. The fourth-order valence-electron chi connectivity index (χ4n) is 1.43. The summed E-state index contributed by atoms with van der Waals surface area (Å²) in [7, 11) is 0.